The molecular weight excluding hydrogens is 330 g/mol. The molecule has 0 saturated carbocycles. The summed E-state index contributed by atoms with van der Waals surface area (Å²) < 4.78 is 36.6. The SMILES string of the molecule is COC(=O)C1CCN(S(=O)(=O)c2cc(Cl)ccc2OC)CC1. The molecule has 122 valence electrons. The van der Waals surface area contributed by atoms with Crippen LogP contribution in [0.25, 0.3) is 0 Å². The number of ether oxygens (including phenoxy) is 2. The van der Waals surface area contributed by atoms with Gasteiger partial charge in [-0.15, -0.1) is 0 Å². The van der Waals surface area contributed by atoms with Crippen LogP contribution < -0.4 is 4.74 Å². The fourth-order valence-electron chi connectivity index (χ4n) is 2.49. The summed E-state index contributed by atoms with van der Waals surface area (Å²) in [4.78, 5) is 11.6. The Morgan fingerprint density at radius 2 is 1.91 bits per heavy atom. The van der Waals surface area contributed by atoms with Gasteiger partial charge in [-0.05, 0) is 31.0 Å². The number of hydrogen-bond acceptors (Lipinski definition) is 5. The van der Waals surface area contributed by atoms with Crippen molar-refractivity contribution in [2.75, 3.05) is 27.3 Å². The summed E-state index contributed by atoms with van der Waals surface area (Å²) in [5.41, 5.74) is 0. The number of benzene rings is 1. The lowest BCUT2D eigenvalue weighted by Gasteiger charge is -2.30. The number of esters is 1. The predicted molar refractivity (Wildman–Crippen MR) is 81.5 cm³/mol. The maximum atomic E-state index is 12.7. The zero-order valence-corrected chi connectivity index (χ0v) is 14.0. The monoisotopic (exact) mass is 347 g/mol. The highest BCUT2D eigenvalue weighted by atomic mass is 35.5. The van der Waals surface area contributed by atoms with Crippen LogP contribution in [-0.2, 0) is 19.6 Å². The zero-order valence-electron chi connectivity index (χ0n) is 12.4. The molecule has 0 spiro atoms. The molecule has 1 aromatic carbocycles. The Balaban J connectivity index is 2.22. The quantitative estimate of drug-likeness (QED) is 0.778. The number of piperidine rings is 1. The van der Waals surface area contributed by atoms with Gasteiger partial charge in [-0.3, -0.25) is 4.79 Å². The zero-order chi connectivity index (χ0) is 16.3. The summed E-state index contributed by atoms with van der Waals surface area (Å²) >= 11 is 5.90. The largest absolute Gasteiger partial charge is 0.495 e. The number of halogens is 1. The van der Waals surface area contributed by atoms with E-state index in [4.69, 9.17) is 21.1 Å². The molecule has 0 aromatic heterocycles. The fraction of sp³-hybridized carbons (Fsp3) is 0.500. The fourth-order valence-corrected chi connectivity index (χ4v) is 4.38. The first-order valence-electron chi connectivity index (χ1n) is 6.81. The van der Waals surface area contributed by atoms with Gasteiger partial charge in [-0.25, -0.2) is 8.42 Å². The Kier molecular flexibility index (Phi) is 5.31. The molecule has 0 amide bonds. The smallest absolute Gasteiger partial charge is 0.308 e. The van der Waals surface area contributed by atoms with Crippen LogP contribution in [0, 0.1) is 5.92 Å². The van der Waals surface area contributed by atoms with Gasteiger partial charge in [-0.2, -0.15) is 4.31 Å². The molecule has 1 aliphatic rings. The Morgan fingerprint density at radius 1 is 1.27 bits per heavy atom. The third-order valence-corrected chi connectivity index (χ3v) is 5.89. The van der Waals surface area contributed by atoms with E-state index in [1.807, 2.05) is 0 Å². The summed E-state index contributed by atoms with van der Waals surface area (Å²) in [6, 6.07) is 4.47. The van der Waals surface area contributed by atoms with Crippen molar-refractivity contribution < 1.29 is 22.7 Å². The molecule has 2 rings (SSSR count). The molecule has 0 bridgehead atoms. The minimum Gasteiger partial charge on any atom is -0.495 e. The van der Waals surface area contributed by atoms with Crippen LogP contribution in [0.4, 0.5) is 0 Å². The molecule has 1 heterocycles. The highest BCUT2D eigenvalue weighted by Crippen LogP contribution is 2.31. The van der Waals surface area contributed by atoms with Gasteiger partial charge in [0.05, 0.1) is 20.1 Å². The first-order chi connectivity index (χ1) is 10.4. The van der Waals surface area contributed by atoms with Crippen molar-refractivity contribution >= 4 is 27.6 Å². The number of nitrogens with zero attached hydrogens (tertiary/aromatic N) is 1. The molecule has 6 nitrogen and oxygen atoms in total. The molecule has 0 radical (unpaired) electrons. The highest BCUT2D eigenvalue weighted by Gasteiger charge is 2.34. The van der Waals surface area contributed by atoms with Gasteiger partial charge >= 0.3 is 5.97 Å². The van der Waals surface area contributed by atoms with Gasteiger partial charge in [0.25, 0.3) is 0 Å². The lowest BCUT2D eigenvalue weighted by atomic mass is 9.99. The minimum absolute atomic E-state index is 0.0408. The summed E-state index contributed by atoms with van der Waals surface area (Å²) in [6.45, 7) is 0.523. The number of methoxy groups -OCH3 is 2. The van der Waals surface area contributed by atoms with Gasteiger partial charge in [0.1, 0.15) is 10.6 Å². The molecule has 0 atom stereocenters. The van der Waals surface area contributed by atoms with Crippen molar-refractivity contribution in [2.24, 2.45) is 5.92 Å². The molecule has 8 heteroatoms. The second-order valence-corrected chi connectivity index (χ2v) is 7.34. The normalized spacial score (nSPS) is 17.2. The molecule has 1 aliphatic heterocycles. The van der Waals surface area contributed by atoms with Gasteiger partial charge in [0, 0.05) is 18.1 Å². The second kappa shape index (κ2) is 6.85. The van der Waals surface area contributed by atoms with Crippen molar-refractivity contribution in [3.05, 3.63) is 23.2 Å². The summed E-state index contributed by atoms with van der Waals surface area (Å²) in [7, 11) is -0.967. The standard InChI is InChI=1S/C14H18ClNO5S/c1-20-12-4-3-11(15)9-13(12)22(18,19)16-7-5-10(6-8-16)14(17)21-2/h3-4,9-10H,5-8H2,1-2H3. The first kappa shape index (κ1) is 17.1. The third-order valence-electron chi connectivity index (χ3n) is 3.73. The van der Waals surface area contributed by atoms with Crippen LogP contribution in [0.5, 0.6) is 5.75 Å². The summed E-state index contributed by atoms with van der Waals surface area (Å²) in [6.07, 6.45) is 0.879. The number of hydrogen-bond donors (Lipinski definition) is 0. The number of sulfonamides is 1. The van der Waals surface area contributed by atoms with E-state index in [2.05, 4.69) is 0 Å². The van der Waals surface area contributed by atoms with Crippen molar-refractivity contribution in [3.63, 3.8) is 0 Å². The molecule has 0 aliphatic carbocycles. The lowest BCUT2D eigenvalue weighted by molar-refractivity contribution is -0.146. The molecule has 1 saturated heterocycles. The van der Waals surface area contributed by atoms with E-state index in [0.29, 0.717) is 17.9 Å². The van der Waals surface area contributed by atoms with Crippen LogP contribution in [0.15, 0.2) is 23.1 Å². The van der Waals surface area contributed by atoms with E-state index < -0.39 is 10.0 Å². The van der Waals surface area contributed by atoms with Gasteiger partial charge < -0.3 is 9.47 Å². The van der Waals surface area contributed by atoms with E-state index in [1.54, 1.807) is 6.07 Å². The molecule has 1 fully saturated rings. The molecule has 1 aromatic rings. The molecular formula is C14H18ClNO5S. The lowest BCUT2D eigenvalue weighted by Crippen LogP contribution is -2.40. The molecule has 22 heavy (non-hydrogen) atoms. The maximum Gasteiger partial charge on any atom is 0.308 e. The summed E-state index contributed by atoms with van der Waals surface area (Å²) in [5.74, 6) is -0.297. The second-order valence-electron chi connectivity index (χ2n) is 5.00. The Bertz CT molecular complexity index is 653. The Labute approximate surface area is 135 Å². The van der Waals surface area contributed by atoms with Crippen LogP contribution in [0.1, 0.15) is 12.8 Å². The number of carbonyl (C=O) groups is 1. The van der Waals surface area contributed by atoms with Crippen LogP contribution in [0.2, 0.25) is 5.02 Å². The van der Waals surface area contributed by atoms with Crippen molar-refractivity contribution in [2.45, 2.75) is 17.7 Å². The number of carbonyl (C=O) groups excluding carboxylic acids is 1. The third kappa shape index (κ3) is 3.37. The van der Waals surface area contributed by atoms with Crippen LogP contribution >= 0.6 is 11.6 Å². The Hall–Kier alpha value is -1.31. The van der Waals surface area contributed by atoms with Gasteiger partial charge in [0.15, 0.2) is 0 Å². The van der Waals surface area contributed by atoms with Crippen molar-refractivity contribution in [1.29, 1.82) is 0 Å². The van der Waals surface area contributed by atoms with Crippen LogP contribution in [-0.4, -0.2) is 46.0 Å². The molecule has 0 N–H and O–H groups in total. The van der Waals surface area contributed by atoms with E-state index in [0.717, 1.165) is 0 Å². The van der Waals surface area contributed by atoms with Gasteiger partial charge in [0.2, 0.25) is 10.0 Å². The van der Waals surface area contributed by atoms with E-state index in [1.165, 1.54) is 30.7 Å². The minimum atomic E-state index is -3.71. The van der Waals surface area contributed by atoms with E-state index >= 15 is 0 Å². The molecule has 0 unspecified atom stereocenters. The average molecular weight is 348 g/mol. The van der Waals surface area contributed by atoms with E-state index in [9.17, 15) is 13.2 Å². The van der Waals surface area contributed by atoms with Crippen LogP contribution in [0.3, 0.4) is 0 Å². The summed E-state index contributed by atoms with van der Waals surface area (Å²) in [5, 5.41) is 0.323. The van der Waals surface area contributed by atoms with Crippen molar-refractivity contribution in [3.8, 4) is 5.75 Å². The topological polar surface area (TPSA) is 72.9 Å². The Morgan fingerprint density at radius 3 is 2.45 bits per heavy atom. The average Bonchev–Trinajstić information content (AvgIpc) is 2.54. The van der Waals surface area contributed by atoms with Gasteiger partial charge in [-0.1, -0.05) is 11.6 Å². The predicted octanol–water partition coefficient (Wildman–Crippen LogP) is 1.92. The number of rotatable bonds is 4. The van der Waals surface area contributed by atoms with E-state index in [-0.39, 0.29) is 35.6 Å². The maximum absolute atomic E-state index is 12.7. The highest BCUT2D eigenvalue weighted by molar-refractivity contribution is 7.89. The van der Waals surface area contributed by atoms with Crippen molar-refractivity contribution in [1.82, 2.24) is 4.31 Å². The first-order valence-corrected chi connectivity index (χ1v) is 8.63.